The van der Waals surface area contributed by atoms with Crippen LogP contribution in [-0.2, 0) is 53.1 Å². The van der Waals surface area contributed by atoms with Gasteiger partial charge in [-0.1, -0.05) is 20.4 Å². The molecular weight excluding hydrogens is 508 g/mol. The number of carbonyl (C=O) groups excluding carboxylic acids is 2. The molecule has 0 saturated carbocycles. The Balaban J connectivity index is 1.54. The molecule has 38 heavy (non-hydrogen) atoms. The van der Waals surface area contributed by atoms with Gasteiger partial charge in [-0.3, -0.25) is 4.79 Å². The predicted molar refractivity (Wildman–Crippen MR) is 137 cm³/mol. The Labute approximate surface area is 220 Å². The lowest BCUT2D eigenvalue weighted by Crippen LogP contribution is -2.47. The van der Waals surface area contributed by atoms with Crippen LogP contribution in [0.2, 0.25) is 0 Å². The maximum atomic E-state index is 13.7. The SMILES string of the molecule is C=CC(=O)OCCO[Si]O[C@]1(CC)C(=O)OCc2c1cc1n(c2=O)Cc2c-1nc1ccc(O)cc1c2CC. The first-order chi connectivity index (χ1) is 18.3. The summed E-state index contributed by atoms with van der Waals surface area (Å²) in [6.07, 6.45) is 1.96. The van der Waals surface area contributed by atoms with Crippen molar-refractivity contribution in [1.82, 2.24) is 9.55 Å². The molecule has 10 nitrogen and oxygen atoms in total. The van der Waals surface area contributed by atoms with E-state index in [1.54, 1.807) is 29.7 Å². The van der Waals surface area contributed by atoms with Gasteiger partial charge in [0, 0.05) is 22.6 Å². The lowest BCUT2D eigenvalue weighted by Gasteiger charge is -2.35. The maximum Gasteiger partial charge on any atom is 0.434 e. The van der Waals surface area contributed by atoms with Gasteiger partial charge < -0.3 is 28.0 Å². The number of phenols is 1. The second-order valence-electron chi connectivity index (χ2n) is 8.95. The van der Waals surface area contributed by atoms with Crippen molar-refractivity contribution in [2.45, 2.75) is 45.4 Å². The van der Waals surface area contributed by atoms with Gasteiger partial charge in [0.1, 0.15) is 19.0 Å². The van der Waals surface area contributed by atoms with E-state index in [0.717, 1.165) is 22.6 Å². The molecule has 11 heteroatoms. The summed E-state index contributed by atoms with van der Waals surface area (Å²) in [6.45, 7) is 7.38. The average molecular weight is 535 g/mol. The number of aryl methyl sites for hydroxylation is 1. The Morgan fingerprint density at radius 1 is 1.26 bits per heavy atom. The van der Waals surface area contributed by atoms with Gasteiger partial charge in [0.05, 0.1) is 35.6 Å². The van der Waals surface area contributed by atoms with Gasteiger partial charge >= 0.3 is 21.9 Å². The number of pyridine rings is 2. The number of esters is 2. The maximum absolute atomic E-state index is 13.7. The highest BCUT2D eigenvalue weighted by Gasteiger charge is 2.48. The van der Waals surface area contributed by atoms with Crippen LogP contribution in [0.25, 0.3) is 22.3 Å². The van der Waals surface area contributed by atoms with E-state index in [2.05, 4.69) is 6.58 Å². The van der Waals surface area contributed by atoms with Crippen molar-refractivity contribution in [3.8, 4) is 17.1 Å². The van der Waals surface area contributed by atoms with Gasteiger partial charge in [-0.05, 0) is 42.7 Å². The van der Waals surface area contributed by atoms with Crippen LogP contribution in [0.4, 0.5) is 0 Å². The normalized spacial score (nSPS) is 17.5. The smallest absolute Gasteiger partial charge is 0.434 e. The third-order valence-electron chi connectivity index (χ3n) is 6.98. The first-order valence-corrected chi connectivity index (χ1v) is 13.1. The van der Waals surface area contributed by atoms with E-state index in [1.807, 2.05) is 13.0 Å². The number of fused-ring (bicyclic) bond motifs is 5. The topological polar surface area (TPSA) is 126 Å². The largest absolute Gasteiger partial charge is 0.508 e. The Morgan fingerprint density at radius 3 is 2.82 bits per heavy atom. The van der Waals surface area contributed by atoms with Gasteiger partial charge in [0.15, 0.2) is 5.60 Å². The summed E-state index contributed by atoms with van der Waals surface area (Å²) >= 11 is 0. The van der Waals surface area contributed by atoms with E-state index in [9.17, 15) is 19.5 Å². The first kappa shape index (κ1) is 25.8. The molecule has 0 amide bonds. The van der Waals surface area contributed by atoms with Crippen LogP contribution < -0.4 is 5.56 Å². The Kier molecular flexibility index (Phi) is 6.91. The van der Waals surface area contributed by atoms with Gasteiger partial charge in [-0.25, -0.2) is 14.6 Å². The second-order valence-corrected chi connectivity index (χ2v) is 9.61. The van der Waals surface area contributed by atoms with Gasteiger partial charge in [-0.15, -0.1) is 0 Å². The minimum Gasteiger partial charge on any atom is -0.508 e. The van der Waals surface area contributed by atoms with E-state index >= 15 is 0 Å². The molecule has 1 aromatic carbocycles. The number of aromatic hydroxyl groups is 1. The number of aromatic nitrogens is 2. The lowest BCUT2D eigenvalue weighted by atomic mass is 9.86. The molecule has 2 aliphatic rings. The lowest BCUT2D eigenvalue weighted by molar-refractivity contribution is -0.170. The fraction of sp³-hybridized carbons (Fsp3) is 0.333. The third kappa shape index (κ3) is 4.12. The molecule has 0 aliphatic carbocycles. The zero-order chi connectivity index (χ0) is 27.0. The van der Waals surface area contributed by atoms with Crippen molar-refractivity contribution in [2.24, 2.45) is 0 Å². The fourth-order valence-electron chi connectivity index (χ4n) is 5.10. The molecule has 0 saturated heterocycles. The molecule has 2 aromatic heterocycles. The van der Waals surface area contributed by atoms with Crippen LogP contribution in [0.5, 0.6) is 5.75 Å². The Morgan fingerprint density at radius 2 is 2.08 bits per heavy atom. The molecule has 0 spiro atoms. The molecule has 0 bridgehead atoms. The molecule has 2 radical (unpaired) electrons. The van der Waals surface area contributed by atoms with Gasteiger partial charge in [0.2, 0.25) is 0 Å². The Hall–Kier alpha value is -3.80. The van der Waals surface area contributed by atoms with Crippen molar-refractivity contribution in [2.75, 3.05) is 13.2 Å². The number of hydrogen-bond acceptors (Lipinski definition) is 9. The minimum absolute atomic E-state index is 0.00414. The highest BCUT2D eigenvalue weighted by molar-refractivity contribution is 6.19. The third-order valence-corrected chi connectivity index (χ3v) is 7.74. The van der Waals surface area contributed by atoms with Crippen LogP contribution >= 0.6 is 0 Å². The molecule has 1 atom stereocenters. The van der Waals surface area contributed by atoms with Crippen molar-refractivity contribution < 1.29 is 33.0 Å². The second kappa shape index (κ2) is 10.2. The highest BCUT2D eigenvalue weighted by Crippen LogP contribution is 2.42. The van der Waals surface area contributed by atoms with Gasteiger partial charge in [-0.2, -0.15) is 0 Å². The highest BCUT2D eigenvalue weighted by atomic mass is 28.3. The van der Waals surface area contributed by atoms with Gasteiger partial charge in [0.25, 0.3) is 5.56 Å². The number of rotatable bonds is 9. The van der Waals surface area contributed by atoms with Crippen LogP contribution in [0.15, 0.2) is 41.7 Å². The summed E-state index contributed by atoms with van der Waals surface area (Å²) in [6, 6.07) is 6.84. The summed E-state index contributed by atoms with van der Waals surface area (Å²) in [5.41, 5.74) is 2.92. The predicted octanol–water partition coefficient (Wildman–Crippen LogP) is 2.65. The van der Waals surface area contributed by atoms with E-state index in [4.69, 9.17) is 23.3 Å². The number of phenolic OH excluding ortho intramolecular Hbond substituents is 1. The molecule has 0 unspecified atom stereocenters. The standard InChI is InChI=1S/C27H26N2O8Si/c1-4-16-17-11-15(30)7-8-21(17)28-24-18(16)13-29-22(24)12-20-19(25(29)32)14-35-26(33)27(20,6-3)37-38-36-10-9-34-23(31)5-2/h5,7-8,11-12,30H,2,4,6,9-10,13-14H2,1,3H3/t27-/m0/s1. The molecule has 4 heterocycles. The molecule has 0 fully saturated rings. The summed E-state index contributed by atoms with van der Waals surface area (Å²) in [7, 11) is -0.569. The number of hydrogen-bond donors (Lipinski definition) is 1. The monoisotopic (exact) mass is 534 g/mol. The van der Waals surface area contributed by atoms with Crippen molar-refractivity contribution in [3.63, 3.8) is 0 Å². The Bertz CT molecular complexity index is 1530. The van der Waals surface area contributed by atoms with Crippen LogP contribution in [0.1, 0.15) is 42.5 Å². The van der Waals surface area contributed by atoms with E-state index in [0.29, 0.717) is 41.0 Å². The van der Waals surface area contributed by atoms with E-state index in [1.165, 1.54) is 0 Å². The van der Waals surface area contributed by atoms with Crippen LogP contribution in [-0.4, -0.2) is 49.8 Å². The van der Waals surface area contributed by atoms with Crippen molar-refractivity contribution in [3.05, 3.63) is 69.5 Å². The molecule has 3 aromatic rings. The summed E-state index contributed by atoms with van der Waals surface area (Å²) in [4.78, 5) is 42.8. The van der Waals surface area contributed by atoms with Crippen molar-refractivity contribution in [1.29, 1.82) is 0 Å². The molecular formula is C27H26N2O8Si. The molecule has 2 aliphatic heterocycles. The fourth-order valence-corrected chi connectivity index (χ4v) is 5.80. The minimum atomic E-state index is -1.53. The zero-order valence-electron chi connectivity index (χ0n) is 21.0. The molecule has 196 valence electrons. The van der Waals surface area contributed by atoms with E-state index < -0.39 is 27.5 Å². The summed E-state index contributed by atoms with van der Waals surface area (Å²) in [5, 5.41) is 10.9. The summed E-state index contributed by atoms with van der Waals surface area (Å²) in [5.74, 6) is -1.01. The number of cyclic esters (lactones) is 1. The average Bonchev–Trinajstić information content (AvgIpc) is 3.29. The van der Waals surface area contributed by atoms with E-state index in [-0.39, 0.29) is 37.6 Å². The number of ether oxygens (including phenoxy) is 2. The number of carbonyl (C=O) groups is 2. The van der Waals surface area contributed by atoms with Crippen molar-refractivity contribution >= 4 is 32.8 Å². The summed E-state index contributed by atoms with van der Waals surface area (Å²) < 4.78 is 23.4. The molecule has 1 N–H and O–H groups in total. The first-order valence-electron chi connectivity index (χ1n) is 12.3. The van der Waals surface area contributed by atoms with Crippen LogP contribution in [0.3, 0.4) is 0 Å². The molecule has 5 rings (SSSR count). The quantitative estimate of drug-likeness (QED) is 0.149. The number of benzene rings is 1. The van der Waals surface area contributed by atoms with Crippen LogP contribution in [0, 0.1) is 0 Å². The zero-order valence-corrected chi connectivity index (χ0v) is 22.0. The number of nitrogens with zero attached hydrogens (tertiary/aromatic N) is 2.